The van der Waals surface area contributed by atoms with Gasteiger partial charge in [-0.1, -0.05) is 11.6 Å². The summed E-state index contributed by atoms with van der Waals surface area (Å²) in [6.45, 7) is 2.74. The van der Waals surface area contributed by atoms with Crippen LogP contribution in [0, 0.1) is 0 Å². The van der Waals surface area contributed by atoms with E-state index in [0.29, 0.717) is 18.2 Å². The second-order valence-electron chi connectivity index (χ2n) is 5.79. The van der Waals surface area contributed by atoms with Crippen LogP contribution in [-0.2, 0) is 4.79 Å². The molecular weight excluding hydrogens is 351 g/mol. The summed E-state index contributed by atoms with van der Waals surface area (Å²) in [5.41, 5.74) is 6.01. The molecule has 8 heteroatoms. The minimum absolute atomic E-state index is 0. The first-order chi connectivity index (χ1) is 11.0. The van der Waals surface area contributed by atoms with Crippen LogP contribution in [0.15, 0.2) is 18.2 Å². The van der Waals surface area contributed by atoms with E-state index in [2.05, 4.69) is 15.5 Å². The van der Waals surface area contributed by atoms with Crippen LogP contribution in [0.25, 0.3) is 0 Å². The first-order valence-electron chi connectivity index (χ1n) is 7.78. The number of carbonyl (C=O) groups is 2. The molecule has 134 valence electrons. The third-order valence-electron chi connectivity index (χ3n) is 4.09. The van der Waals surface area contributed by atoms with E-state index in [0.717, 1.165) is 26.1 Å². The Labute approximate surface area is 153 Å². The number of likely N-dealkylation sites (N-methyl/N-ethyl adjacent to an activating group) is 1. The highest BCUT2D eigenvalue weighted by Gasteiger charge is 2.18. The van der Waals surface area contributed by atoms with Crippen LogP contribution < -0.4 is 16.4 Å². The Balaban J connectivity index is 0.00000288. The molecule has 1 aliphatic heterocycles. The molecule has 0 spiro atoms. The molecule has 4 N–H and O–H groups in total. The number of anilines is 1. The Morgan fingerprint density at radius 1 is 1.42 bits per heavy atom. The van der Waals surface area contributed by atoms with Crippen molar-refractivity contribution in [3.63, 3.8) is 0 Å². The maximum Gasteiger partial charge on any atom is 0.250 e. The number of likely N-dealkylation sites (tertiary alicyclic amines) is 1. The summed E-state index contributed by atoms with van der Waals surface area (Å²) in [4.78, 5) is 25.5. The van der Waals surface area contributed by atoms with E-state index in [4.69, 9.17) is 17.3 Å². The van der Waals surface area contributed by atoms with Crippen molar-refractivity contribution in [3.8, 4) is 0 Å². The lowest BCUT2D eigenvalue weighted by molar-refractivity contribution is -0.116. The van der Waals surface area contributed by atoms with Gasteiger partial charge < -0.3 is 21.3 Å². The summed E-state index contributed by atoms with van der Waals surface area (Å²) in [5.74, 6) is -0.656. The summed E-state index contributed by atoms with van der Waals surface area (Å²) in [6.07, 6.45) is 2.76. The van der Waals surface area contributed by atoms with Gasteiger partial charge in [0.15, 0.2) is 0 Å². The highest BCUT2D eigenvalue weighted by atomic mass is 35.5. The normalized spacial score (nSPS) is 17.8. The molecule has 24 heavy (non-hydrogen) atoms. The number of benzene rings is 1. The summed E-state index contributed by atoms with van der Waals surface area (Å²) in [6, 6.07) is 5.19. The van der Waals surface area contributed by atoms with Crippen molar-refractivity contribution in [2.75, 3.05) is 32.0 Å². The average molecular weight is 375 g/mol. The first-order valence-corrected chi connectivity index (χ1v) is 8.16. The molecule has 1 aliphatic rings. The number of primary amides is 1. The number of nitrogens with zero attached hydrogens (tertiary/aromatic N) is 1. The predicted octanol–water partition coefficient (Wildman–Crippen LogP) is 1.87. The van der Waals surface area contributed by atoms with E-state index < -0.39 is 5.91 Å². The summed E-state index contributed by atoms with van der Waals surface area (Å²) in [5, 5.41) is 6.32. The van der Waals surface area contributed by atoms with Gasteiger partial charge in [0.05, 0.1) is 10.6 Å². The van der Waals surface area contributed by atoms with Crippen molar-refractivity contribution in [3.05, 3.63) is 28.8 Å². The lowest BCUT2D eigenvalue weighted by atomic mass is 10.1. The molecule has 1 unspecified atom stereocenters. The summed E-state index contributed by atoms with van der Waals surface area (Å²) >= 11 is 5.97. The van der Waals surface area contributed by atoms with Gasteiger partial charge >= 0.3 is 0 Å². The maximum atomic E-state index is 12.0. The lowest BCUT2D eigenvalue weighted by Gasteiger charge is -2.32. The van der Waals surface area contributed by atoms with E-state index in [9.17, 15) is 9.59 Å². The van der Waals surface area contributed by atoms with Crippen molar-refractivity contribution >= 4 is 41.5 Å². The van der Waals surface area contributed by atoms with Gasteiger partial charge in [0.25, 0.3) is 0 Å². The van der Waals surface area contributed by atoms with E-state index in [-0.39, 0.29) is 28.9 Å². The Morgan fingerprint density at radius 3 is 2.79 bits per heavy atom. The molecule has 2 amide bonds. The van der Waals surface area contributed by atoms with E-state index in [1.54, 1.807) is 6.07 Å². The number of rotatable bonds is 6. The first kappa shape index (κ1) is 20.7. The summed E-state index contributed by atoms with van der Waals surface area (Å²) in [7, 11) is 1.97. The zero-order valence-electron chi connectivity index (χ0n) is 13.7. The second-order valence-corrected chi connectivity index (χ2v) is 6.19. The summed E-state index contributed by atoms with van der Waals surface area (Å²) < 4.78 is 0. The van der Waals surface area contributed by atoms with Crippen LogP contribution in [0.5, 0.6) is 0 Å². The van der Waals surface area contributed by atoms with Crippen molar-refractivity contribution in [2.45, 2.75) is 25.3 Å². The topological polar surface area (TPSA) is 87.5 Å². The number of hydrogen-bond donors (Lipinski definition) is 3. The molecule has 1 fully saturated rings. The molecule has 2 rings (SSSR count). The number of nitrogens with one attached hydrogen (secondary N) is 2. The zero-order valence-corrected chi connectivity index (χ0v) is 15.3. The van der Waals surface area contributed by atoms with E-state index in [1.165, 1.54) is 18.6 Å². The number of carbonyl (C=O) groups excluding carboxylic acids is 2. The number of piperidine rings is 1. The van der Waals surface area contributed by atoms with Gasteiger partial charge in [0.2, 0.25) is 11.8 Å². The predicted molar refractivity (Wildman–Crippen MR) is 99.0 cm³/mol. The van der Waals surface area contributed by atoms with Crippen molar-refractivity contribution in [1.82, 2.24) is 10.2 Å². The van der Waals surface area contributed by atoms with Gasteiger partial charge in [-0.25, -0.2) is 0 Å². The van der Waals surface area contributed by atoms with Crippen LogP contribution in [0.2, 0.25) is 5.02 Å². The van der Waals surface area contributed by atoms with Gasteiger partial charge in [0, 0.05) is 31.2 Å². The monoisotopic (exact) mass is 374 g/mol. The lowest BCUT2D eigenvalue weighted by Crippen LogP contribution is -2.45. The molecule has 0 bridgehead atoms. The molecule has 1 aromatic rings. The molecule has 0 saturated carbocycles. The van der Waals surface area contributed by atoms with Crippen LogP contribution in [0.4, 0.5) is 5.69 Å². The molecular formula is C16H24Cl2N4O2. The Kier molecular flexibility index (Phi) is 8.48. The number of nitrogens with two attached hydrogens (primary N) is 1. The third-order valence-corrected chi connectivity index (χ3v) is 4.40. The number of hydrogen-bond acceptors (Lipinski definition) is 4. The minimum atomic E-state index is -0.586. The molecule has 0 radical (unpaired) electrons. The fourth-order valence-electron chi connectivity index (χ4n) is 2.77. The van der Waals surface area contributed by atoms with Gasteiger partial charge in [-0.05, 0) is 44.6 Å². The smallest absolute Gasteiger partial charge is 0.250 e. The fraction of sp³-hybridized carbons (Fsp3) is 0.500. The molecule has 0 aromatic heterocycles. The third kappa shape index (κ3) is 5.94. The quantitative estimate of drug-likeness (QED) is 0.709. The molecule has 1 saturated heterocycles. The second kappa shape index (κ2) is 9.84. The van der Waals surface area contributed by atoms with Crippen LogP contribution in [0.3, 0.4) is 0 Å². The largest absolute Gasteiger partial charge is 0.366 e. The standard InChI is InChI=1S/C16H23ClN4O2.ClH/c1-19-12-3-2-7-21(10-12)8-6-15(22)20-11-4-5-13(16(18)23)14(17)9-11;/h4-5,9,12,19H,2-3,6-8,10H2,1H3,(H2,18,23)(H,20,22);1H. The van der Waals surface area contributed by atoms with Gasteiger partial charge in [0.1, 0.15) is 0 Å². The van der Waals surface area contributed by atoms with Gasteiger partial charge in [-0.15, -0.1) is 12.4 Å². The van der Waals surface area contributed by atoms with Crippen LogP contribution in [-0.4, -0.2) is 49.4 Å². The van der Waals surface area contributed by atoms with Crippen LogP contribution >= 0.6 is 24.0 Å². The Morgan fingerprint density at radius 2 is 2.17 bits per heavy atom. The maximum absolute atomic E-state index is 12.0. The van der Waals surface area contributed by atoms with Gasteiger partial charge in [-0.2, -0.15) is 0 Å². The van der Waals surface area contributed by atoms with Gasteiger partial charge in [-0.3, -0.25) is 9.59 Å². The number of halogens is 2. The van der Waals surface area contributed by atoms with E-state index in [1.807, 2.05) is 7.05 Å². The Hall–Kier alpha value is -1.34. The minimum Gasteiger partial charge on any atom is -0.366 e. The molecule has 1 aromatic carbocycles. The van der Waals surface area contributed by atoms with Crippen molar-refractivity contribution in [2.24, 2.45) is 5.73 Å². The SMILES string of the molecule is CNC1CCCN(CCC(=O)Nc2ccc(C(N)=O)c(Cl)c2)C1.Cl. The highest BCUT2D eigenvalue weighted by molar-refractivity contribution is 6.34. The molecule has 1 atom stereocenters. The number of amides is 2. The van der Waals surface area contributed by atoms with E-state index >= 15 is 0 Å². The average Bonchev–Trinajstić information content (AvgIpc) is 2.53. The van der Waals surface area contributed by atoms with Crippen molar-refractivity contribution < 1.29 is 9.59 Å². The zero-order chi connectivity index (χ0) is 16.8. The molecule has 1 heterocycles. The molecule has 0 aliphatic carbocycles. The molecule has 6 nitrogen and oxygen atoms in total. The highest BCUT2D eigenvalue weighted by Crippen LogP contribution is 2.20. The van der Waals surface area contributed by atoms with Crippen LogP contribution in [0.1, 0.15) is 29.6 Å². The van der Waals surface area contributed by atoms with Crippen molar-refractivity contribution in [1.29, 1.82) is 0 Å². The Bertz CT molecular complexity index is 583. The fourth-order valence-corrected chi connectivity index (χ4v) is 3.04.